The molecule has 1 saturated heterocycles. The molecule has 30 heavy (non-hydrogen) atoms. The van der Waals surface area contributed by atoms with E-state index in [-0.39, 0.29) is 52.8 Å². The second kappa shape index (κ2) is 7.77. The third-order valence-corrected chi connectivity index (χ3v) is 6.21. The molecule has 2 heterocycles. The first-order valence-electron chi connectivity index (χ1n) is 8.92. The number of thiazole rings is 1. The highest BCUT2D eigenvalue weighted by Crippen LogP contribution is 2.34. The molecule has 1 aromatic heterocycles. The standard InChI is InChI=1S/C19H16ClF3N2O4S/c20-9-5-11(22)16(12(23)6-9)25-4-3-19(28,14(26)7-25)8-29-13-2-1-10(21)15-17(13)30-18(27)24-15/h1-2,5-6,14,26,28H,3-4,7-8H2,(H,24,27)/t14-,19-/m1/s1. The number of aliphatic hydroxyl groups is 2. The minimum absolute atomic E-state index is 0.00135. The molecule has 0 radical (unpaired) electrons. The maximum Gasteiger partial charge on any atom is 0.305 e. The zero-order valence-electron chi connectivity index (χ0n) is 15.3. The van der Waals surface area contributed by atoms with E-state index < -0.39 is 34.0 Å². The molecule has 0 unspecified atom stereocenters. The summed E-state index contributed by atoms with van der Waals surface area (Å²) in [6.07, 6.45) is -1.44. The molecule has 1 fully saturated rings. The van der Waals surface area contributed by atoms with Gasteiger partial charge in [0.05, 0.1) is 5.52 Å². The van der Waals surface area contributed by atoms with Gasteiger partial charge in [-0.05, 0) is 30.7 Å². The van der Waals surface area contributed by atoms with Crippen LogP contribution in [0.4, 0.5) is 18.9 Å². The van der Waals surface area contributed by atoms with Crippen LogP contribution in [-0.4, -0.2) is 46.6 Å². The number of aliphatic hydroxyl groups excluding tert-OH is 1. The molecule has 3 N–H and O–H groups in total. The third-order valence-electron chi connectivity index (χ3n) is 5.10. The maximum absolute atomic E-state index is 14.2. The van der Waals surface area contributed by atoms with E-state index in [9.17, 15) is 28.2 Å². The Balaban J connectivity index is 1.51. The Bertz CT molecular complexity index is 1150. The first-order valence-corrected chi connectivity index (χ1v) is 10.1. The largest absolute Gasteiger partial charge is 0.489 e. The van der Waals surface area contributed by atoms with Crippen LogP contribution in [0.25, 0.3) is 10.2 Å². The number of rotatable bonds is 4. The van der Waals surface area contributed by atoms with Gasteiger partial charge in [0.1, 0.15) is 40.3 Å². The van der Waals surface area contributed by atoms with Crippen LogP contribution in [0.3, 0.4) is 0 Å². The molecule has 6 nitrogen and oxygen atoms in total. The first kappa shape index (κ1) is 21.0. The van der Waals surface area contributed by atoms with Crippen molar-refractivity contribution in [2.45, 2.75) is 18.1 Å². The molecule has 1 aliphatic heterocycles. The Morgan fingerprint density at radius 1 is 1.27 bits per heavy atom. The van der Waals surface area contributed by atoms with Crippen LogP contribution in [0.1, 0.15) is 6.42 Å². The monoisotopic (exact) mass is 460 g/mol. The number of H-pyrrole nitrogens is 1. The fourth-order valence-corrected chi connectivity index (χ4v) is 4.48. The summed E-state index contributed by atoms with van der Waals surface area (Å²) >= 11 is 6.40. The van der Waals surface area contributed by atoms with E-state index in [1.165, 1.54) is 11.0 Å². The van der Waals surface area contributed by atoms with Gasteiger partial charge in [0, 0.05) is 18.1 Å². The third kappa shape index (κ3) is 3.76. The van der Waals surface area contributed by atoms with E-state index in [1.807, 2.05) is 0 Å². The number of fused-ring (bicyclic) bond motifs is 1. The zero-order chi connectivity index (χ0) is 21.6. The lowest BCUT2D eigenvalue weighted by atomic mass is 9.89. The smallest absolute Gasteiger partial charge is 0.305 e. The molecule has 11 heteroatoms. The summed E-state index contributed by atoms with van der Waals surface area (Å²) in [4.78, 5) is 14.7. The minimum atomic E-state index is -1.71. The number of ether oxygens (including phenoxy) is 1. The summed E-state index contributed by atoms with van der Waals surface area (Å²) in [6, 6.07) is 4.39. The number of hydrogen-bond acceptors (Lipinski definition) is 6. The number of anilines is 1. The number of piperidine rings is 1. The van der Waals surface area contributed by atoms with Gasteiger partial charge >= 0.3 is 4.87 Å². The number of hydrogen-bond donors (Lipinski definition) is 3. The van der Waals surface area contributed by atoms with Crippen LogP contribution in [0, 0.1) is 17.5 Å². The molecule has 3 aromatic rings. The highest BCUT2D eigenvalue weighted by molar-refractivity contribution is 7.16. The molecule has 0 spiro atoms. The number of aromatic amines is 1. The summed E-state index contributed by atoms with van der Waals surface area (Å²) in [7, 11) is 0. The molecule has 1 aliphatic rings. The Labute approximate surface area is 177 Å². The molecule has 2 atom stereocenters. The van der Waals surface area contributed by atoms with E-state index in [0.29, 0.717) is 0 Å². The molecule has 2 aromatic carbocycles. The Morgan fingerprint density at radius 3 is 2.63 bits per heavy atom. The number of halogens is 4. The maximum atomic E-state index is 14.2. The molecular formula is C19H16ClF3N2O4S. The SMILES string of the molecule is O=c1[nH]c2c(F)ccc(OC[C@]3(O)CCN(c4c(F)cc(Cl)cc4F)C[C@H]3O)c2s1. The van der Waals surface area contributed by atoms with Crippen LogP contribution >= 0.6 is 22.9 Å². The molecule has 4 rings (SSSR count). The summed E-state index contributed by atoms with van der Waals surface area (Å²) in [5.41, 5.74) is -2.05. The van der Waals surface area contributed by atoms with Crippen molar-refractivity contribution in [3.63, 3.8) is 0 Å². The fraction of sp³-hybridized carbons (Fsp3) is 0.316. The Morgan fingerprint density at radius 2 is 1.97 bits per heavy atom. The van der Waals surface area contributed by atoms with Crippen molar-refractivity contribution >= 4 is 38.8 Å². The molecular weight excluding hydrogens is 445 g/mol. The van der Waals surface area contributed by atoms with Crippen LogP contribution in [0.5, 0.6) is 5.75 Å². The van der Waals surface area contributed by atoms with Crippen LogP contribution in [-0.2, 0) is 0 Å². The predicted molar refractivity (Wildman–Crippen MR) is 107 cm³/mol. The summed E-state index contributed by atoms with van der Waals surface area (Å²) in [5.74, 6) is -2.18. The van der Waals surface area contributed by atoms with Gasteiger partial charge < -0.3 is 24.8 Å². The average Bonchev–Trinajstić information content (AvgIpc) is 3.06. The number of aromatic nitrogens is 1. The van der Waals surface area contributed by atoms with Gasteiger partial charge in [-0.25, -0.2) is 13.2 Å². The van der Waals surface area contributed by atoms with Crippen LogP contribution in [0.2, 0.25) is 5.02 Å². The summed E-state index contributed by atoms with van der Waals surface area (Å²) in [6.45, 7) is -0.561. The van der Waals surface area contributed by atoms with Gasteiger partial charge in [-0.15, -0.1) is 0 Å². The number of nitrogens with one attached hydrogen (secondary N) is 1. The average molecular weight is 461 g/mol. The predicted octanol–water partition coefficient (Wildman–Crippen LogP) is 3.04. The molecule has 0 amide bonds. The van der Waals surface area contributed by atoms with E-state index >= 15 is 0 Å². The lowest BCUT2D eigenvalue weighted by Crippen LogP contribution is -2.58. The number of nitrogens with zero attached hydrogens (tertiary/aromatic N) is 1. The summed E-state index contributed by atoms with van der Waals surface area (Å²) < 4.78 is 48.0. The number of benzene rings is 2. The normalized spacial score (nSPS) is 21.9. The molecule has 0 saturated carbocycles. The van der Waals surface area contributed by atoms with Crippen molar-refractivity contribution in [3.05, 3.63) is 56.4 Å². The lowest BCUT2D eigenvalue weighted by molar-refractivity contribution is -0.108. The van der Waals surface area contributed by atoms with Gasteiger partial charge in [0.15, 0.2) is 11.6 Å². The van der Waals surface area contributed by atoms with Gasteiger partial charge in [-0.1, -0.05) is 22.9 Å². The van der Waals surface area contributed by atoms with Crippen molar-refractivity contribution in [2.24, 2.45) is 0 Å². The van der Waals surface area contributed by atoms with Gasteiger partial charge in [0.2, 0.25) is 0 Å². The van der Waals surface area contributed by atoms with E-state index in [2.05, 4.69) is 4.98 Å². The van der Waals surface area contributed by atoms with E-state index in [0.717, 1.165) is 29.5 Å². The topological polar surface area (TPSA) is 85.8 Å². The minimum Gasteiger partial charge on any atom is -0.489 e. The zero-order valence-corrected chi connectivity index (χ0v) is 16.9. The second-order valence-corrected chi connectivity index (χ2v) is 8.51. The highest BCUT2D eigenvalue weighted by Gasteiger charge is 2.42. The van der Waals surface area contributed by atoms with Crippen molar-refractivity contribution < 1.29 is 28.1 Å². The fourth-order valence-electron chi connectivity index (χ4n) is 3.47. The molecule has 0 bridgehead atoms. The molecule has 160 valence electrons. The van der Waals surface area contributed by atoms with E-state index in [4.69, 9.17) is 16.3 Å². The second-order valence-electron chi connectivity index (χ2n) is 7.09. The van der Waals surface area contributed by atoms with Crippen molar-refractivity contribution in [1.82, 2.24) is 4.98 Å². The number of β-amino-alcohol motifs (C(OH)–C–C–N with tert-alkyl or cyclic N) is 1. The Hall–Kier alpha value is -2.27. The molecule has 0 aliphatic carbocycles. The van der Waals surface area contributed by atoms with Crippen molar-refractivity contribution in [2.75, 3.05) is 24.6 Å². The Kier molecular flexibility index (Phi) is 5.43. The summed E-state index contributed by atoms with van der Waals surface area (Å²) in [5, 5.41) is 21.2. The van der Waals surface area contributed by atoms with Gasteiger partial charge in [-0.3, -0.25) is 4.79 Å². The highest BCUT2D eigenvalue weighted by atomic mass is 35.5. The lowest BCUT2D eigenvalue weighted by Gasteiger charge is -2.42. The van der Waals surface area contributed by atoms with Crippen molar-refractivity contribution in [3.8, 4) is 5.75 Å². The van der Waals surface area contributed by atoms with Crippen LogP contribution < -0.4 is 14.5 Å². The van der Waals surface area contributed by atoms with Crippen LogP contribution in [0.15, 0.2) is 29.1 Å². The van der Waals surface area contributed by atoms with E-state index in [1.54, 1.807) is 0 Å². The van der Waals surface area contributed by atoms with Gasteiger partial charge in [0.25, 0.3) is 0 Å². The van der Waals surface area contributed by atoms with Crippen molar-refractivity contribution in [1.29, 1.82) is 0 Å². The quantitative estimate of drug-likeness (QED) is 0.557. The van der Waals surface area contributed by atoms with Gasteiger partial charge in [-0.2, -0.15) is 0 Å². The first-order chi connectivity index (χ1) is 14.2.